The molecule has 166 valence electrons. The number of ether oxygens (including phenoxy) is 3. The van der Waals surface area contributed by atoms with Crippen LogP contribution in [0.25, 0.3) is 0 Å². The summed E-state index contributed by atoms with van der Waals surface area (Å²) < 4.78 is 17.7. The molecule has 0 aliphatic rings. The lowest BCUT2D eigenvalue weighted by Gasteiger charge is -2.14. The molecular formula is C24H24BrN3O4. The van der Waals surface area contributed by atoms with Gasteiger partial charge in [0.25, 0.3) is 0 Å². The first-order valence-corrected chi connectivity index (χ1v) is 10.7. The number of methoxy groups -OCH3 is 1. The van der Waals surface area contributed by atoms with Crippen LogP contribution in [0.15, 0.2) is 76.3 Å². The zero-order chi connectivity index (χ0) is 22.8. The predicted octanol–water partition coefficient (Wildman–Crippen LogP) is 5.38. The van der Waals surface area contributed by atoms with Gasteiger partial charge in [-0.1, -0.05) is 35.9 Å². The maximum absolute atomic E-state index is 11.9. The van der Waals surface area contributed by atoms with Gasteiger partial charge in [0.05, 0.1) is 17.8 Å². The zero-order valence-corrected chi connectivity index (χ0v) is 19.4. The van der Waals surface area contributed by atoms with Crippen molar-refractivity contribution < 1.29 is 19.0 Å². The number of nitrogens with zero attached hydrogens (tertiary/aromatic N) is 1. The van der Waals surface area contributed by atoms with Crippen LogP contribution in [0.3, 0.4) is 0 Å². The number of para-hydroxylation sites is 1. The van der Waals surface area contributed by atoms with Gasteiger partial charge in [-0.3, -0.25) is 0 Å². The Morgan fingerprint density at radius 1 is 1.03 bits per heavy atom. The summed E-state index contributed by atoms with van der Waals surface area (Å²) in [6, 6.07) is 20.1. The van der Waals surface area contributed by atoms with Gasteiger partial charge in [0.1, 0.15) is 19.0 Å². The number of amides is 2. The molecule has 0 saturated heterocycles. The van der Waals surface area contributed by atoms with Crippen LogP contribution < -0.4 is 25.0 Å². The molecule has 0 fully saturated rings. The molecule has 7 nitrogen and oxygen atoms in total. The first kappa shape index (κ1) is 23.1. The predicted molar refractivity (Wildman–Crippen MR) is 129 cm³/mol. The Hall–Kier alpha value is -3.52. The molecule has 0 aliphatic carbocycles. The van der Waals surface area contributed by atoms with Crippen LogP contribution in [-0.2, 0) is 0 Å². The molecule has 0 unspecified atom stereocenters. The molecule has 0 radical (unpaired) electrons. The lowest BCUT2D eigenvalue weighted by molar-refractivity contribution is 0.210. The highest BCUT2D eigenvalue weighted by molar-refractivity contribution is 9.10. The number of urea groups is 1. The first-order chi connectivity index (χ1) is 15.5. The summed E-state index contributed by atoms with van der Waals surface area (Å²) in [5.74, 6) is 1.89. The number of hydrazone groups is 1. The average Bonchev–Trinajstić information content (AvgIpc) is 2.79. The highest BCUT2D eigenvalue weighted by atomic mass is 79.9. The normalized spacial score (nSPS) is 10.6. The molecule has 0 bridgehead atoms. The third kappa shape index (κ3) is 7.02. The molecule has 0 saturated carbocycles. The van der Waals surface area contributed by atoms with Gasteiger partial charge in [-0.2, -0.15) is 5.10 Å². The van der Waals surface area contributed by atoms with Crippen LogP contribution in [0, 0.1) is 6.92 Å². The molecule has 3 rings (SSSR count). The minimum Gasteiger partial charge on any atom is -0.493 e. The Morgan fingerprint density at radius 3 is 2.47 bits per heavy atom. The van der Waals surface area contributed by atoms with Gasteiger partial charge in [0.15, 0.2) is 11.5 Å². The standard InChI is InChI=1S/C24H24BrN3O4/c1-17-8-10-20(11-9-17)31-12-13-32-23-21(25)14-18(15-22(23)30-2)16-26-28-24(29)27-19-6-4-3-5-7-19/h3-11,14-16H,12-13H2,1-2H3,(H2,27,28,29). The van der Waals surface area contributed by atoms with E-state index in [1.54, 1.807) is 25.3 Å². The quantitative estimate of drug-likeness (QED) is 0.236. The highest BCUT2D eigenvalue weighted by Crippen LogP contribution is 2.36. The fourth-order valence-corrected chi connectivity index (χ4v) is 3.31. The lowest BCUT2D eigenvalue weighted by atomic mass is 10.2. The van der Waals surface area contributed by atoms with Crippen LogP contribution >= 0.6 is 15.9 Å². The molecule has 0 aliphatic heterocycles. The third-order valence-corrected chi connectivity index (χ3v) is 4.87. The van der Waals surface area contributed by atoms with E-state index in [1.165, 1.54) is 11.8 Å². The molecular weight excluding hydrogens is 474 g/mol. The molecule has 0 spiro atoms. The largest absolute Gasteiger partial charge is 0.493 e. The SMILES string of the molecule is COc1cc(C=NNC(=O)Nc2ccccc2)cc(Br)c1OCCOc1ccc(C)cc1. The number of nitrogens with one attached hydrogen (secondary N) is 2. The fraction of sp³-hybridized carbons (Fsp3) is 0.167. The summed E-state index contributed by atoms with van der Waals surface area (Å²) in [6.07, 6.45) is 1.52. The van der Waals surface area contributed by atoms with Gasteiger partial charge in [0, 0.05) is 5.69 Å². The van der Waals surface area contributed by atoms with E-state index >= 15 is 0 Å². The number of aryl methyl sites for hydroxylation is 1. The maximum atomic E-state index is 11.9. The Kier molecular flexibility index (Phi) is 8.51. The minimum atomic E-state index is -0.438. The minimum absolute atomic E-state index is 0.345. The molecule has 0 heterocycles. The Morgan fingerprint density at radius 2 is 1.75 bits per heavy atom. The van der Waals surface area contributed by atoms with Crippen molar-refractivity contribution in [3.8, 4) is 17.2 Å². The lowest BCUT2D eigenvalue weighted by Crippen LogP contribution is -2.24. The fourth-order valence-electron chi connectivity index (χ4n) is 2.74. The number of benzene rings is 3. The van der Waals surface area contributed by atoms with Crippen molar-refractivity contribution in [2.75, 3.05) is 25.6 Å². The first-order valence-electron chi connectivity index (χ1n) is 9.90. The molecule has 32 heavy (non-hydrogen) atoms. The monoisotopic (exact) mass is 497 g/mol. The second kappa shape index (κ2) is 11.8. The summed E-state index contributed by atoms with van der Waals surface area (Å²) in [7, 11) is 1.56. The molecule has 2 N–H and O–H groups in total. The third-order valence-electron chi connectivity index (χ3n) is 4.28. The number of carbonyl (C=O) groups is 1. The van der Waals surface area contributed by atoms with Gasteiger partial charge in [0.2, 0.25) is 0 Å². The second-order valence-electron chi connectivity index (χ2n) is 6.73. The van der Waals surface area contributed by atoms with Crippen LogP contribution in [-0.4, -0.2) is 32.6 Å². The molecule has 8 heteroatoms. The summed E-state index contributed by atoms with van der Waals surface area (Å²) in [4.78, 5) is 11.9. The number of hydrogen-bond donors (Lipinski definition) is 2. The van der Waals surface area contributed by atoms with Crippen molar-refractivity contribution in [3.05, 3.63) is 82.3 Å². The van der Waals surface area contributed by atoms with Crippen LogP contribution in [0.1, 0.15) is 11.1 Å². The summed E-state index contributed by atoms with van der Waals surface area (Å²) in [5.41, 5.74) is 5.00. The second-order valence-corrected chi connectivity index (χ2v) is 7.59. The van der Waals surface area contributed by atoms with Crippen LogP contribution in [0.2, 0.25) is 0 Å². The molecule has 3 aromatic carbocycles. The molecule has 3 aromatic rings. The van der Waals surface area contributed by atoms with Crippen LogP contribution in [0.4, 0.5) is 10.5 Å². The average molecular weight is 498 g/mol. The van der Waals surface area contributed by atoms with Crippen molar-refractivity contribution in [1.29, 1.82) is 0 Å². The van der Waals surface area contributed by atoms with Crippen molar-refractivity contribution in [2.45, 2.75) is 6.92 Å². The van der Waals surface area contributed by atoms with Gasteiger partial charge in [-0.25, -0.2) is 10.2 Å². The van der Waals surface area contributed by atoms with Gasteiger partial charge >= 0.3 is 6.03 Å². The zero-order valence-electron chi connectivity index (χ0n) is 17.8. The van der Waals surface area contributed by atoms with Gasteiger partial charge in [-0.05, 0) is 64.8 Å². The van der Waals surface area contributed by atoms with E-state index in [4.69, 9.17) is 14.2 Å². The van der Waals surface area contributed by atoms with E-state index in [0.717, 1.165) is 11.3 Å². The van der Waals surface area contributed by atoms with E-state index in [1.807, 2.05) is 55.5 Å². The summed E-state index contributed by atoms with van der Waals surface area (Å²) in [6.45, 7) is 2.76. The highest BCUT2D eigenvalue weighted by Gasteiger charge is 2.11. The van der Waals surface area contributed by atoms with Crippen LogP contribution in [0.5, 0.6) is 17.2 Å². The summed E-state index contributed by atoms with van der Waals surface area (Å²) in [5, 5.41) is 6.66. The topological polar surface area (TPSA) is 81.2 Å². The number of halogens is 1. The van der Waals surface area contributed by atoms with Crippen molar-refractivity contribution >= 4 is 33.9 Å². The van der Waals surface area contributed by atoms with E-state index in [2.05, 4.69) is 31.8 Å². The number of rotatable bonds is 9. The maximum Gasteiger partial charge on any atom is 0.339 e. The van der Waals surface area contributed by atoms with E-state index in [0.29, 0.717) is 34.9 Å². The number of anilines is 1. The van der Waals surface area contributed by atoms with Crippen molar-refractivity contribution in [2.24, 2.45) is 5.10 Å². The number of hydrogen-bond acceptors (Lipinski definition) is 5. The molecule has 0 atom stereocenters. The van der Waals surface area contributed by atoms with Gasteiger partial charge < -0.3 is 19.5 Å². The van der Waals surface area contributed by atoms with Crippen molar-refractivity contribution in [3.63, 3.8) is 0 Å². The van der Waals surface area contributed by atoms with E-state index in [9.17, 15) is 4.79 Å². The number of carbonyl (C=O) groups excluding carboxylic acids is 1. The molecule has 2 amide bonds. The summed E-state index contributed by atoms with van der Waals surface area (Å²) >= 11 is 3.50. The Bertz CT molecular complexity index is 1060. The Labute approximate surface area is 195 Å². The molecule has 0 aromatic heterocycles. The Balaban J connectivity index is 1.53. The smallest absolute Gasteiger partial charge is 0.339 e. The van der Waals surface area contributed by atoms with Gasteiger partial charge in [-0.15, -0.1) is 0 Å². The van der Waals surface area contributed by atoms with Crippen molar-refractivity contribution in [1.82, 2.24) is 5.43 Å². The van der Waals surface area contributed by atoms with E-state index in [-0.39, 0.29) is 0 Å². The van der Waals surface area contributed by atoms with E-state index < -0.39 is 6.03 Å².